The van der Waals surface area contributed by atoms with Crippen molar-refractivity contribution in [2.75, 3.05) is 17.1 Å². The van der Waals surface area contributed by atoms with Gasteiger partial charge in [0.05, 0.1) is 17.3 Å². The third-order valence-electron chi connectivity index (χ3n) is 4.93. The van der Waals surface area contributed by atoms with Crippen LogP contribution in [0.2, 0.25) is 0 Å². The smallest absolute Gasteiger partial charge is 0.261 e. The molecule has 0 bridgehead atoms. The Morgan fingerprint density at radius 2 is 1.53 bits per heavy atom. The first-order valence-electron chi connectivity index (χ1n) is 9.99. The highest BCUT2D eigenvalue weighted by molar-refractivity contribution is 8.00. The molecule has 168 valence electrons. The van der Waals surface area contributed by atoms with Crippen molar-refractivity contribution in [2.45, 2.75) is 35.8 Å². The topological polar surface area (TPSA) is 84.5 Å². The second kappa shape index (κ2) is 10.1. The van der Waals surface area contributed by atoms with Crippen molar-refractivity contribution < 1.29 is 17.9 Å². The van der Waals surface area contributed by atoms with Gasteiger partial charge in [0.1, 0.15) is 5.75 Å². The Morgan fingerprint density at radius 3 is 2.12 bits per heavy atom. The number of carbonyl (C=O) groups excluding carboxylic acids is 1. The molecule has 0 aliphatic rings. The average Bonchev–Trinajstić information content (AvgIpc) is 2.77. The molecule has 1 atom stereocenters. The summed E-state index contributed by atoms with van der Waals surface area (Å²) in [6.07, 6.45) is 0. The molecule has 0 aliphatic carbocycles. The van der Waals surface area contributed by atoms with Crippen LogP contribution in [0.15, 0.2) is 76.5 Å². The number of hydrogen-bond acceptors (Lipinski definition) is 5. The minimum Gasteiger partial charge on any atom is -0.497 e. The number of nitrogens with one attached hydrogen (secondary N) is 2. The maximum absolute atomic E-state index is 12.7. The second-order valence-electron chi connectivity index (χ2n) is 7.35. The van der Waals surface area contributed by atoms with Crippen molar-refractivity contribution in [1.29, 1.82) is 0 Å². The summed E-state index contributed by atoms with van der Waals surface area (Å²) in [6, 6.07) is 19.0. The van der Waals surface area contributed by atoms with Gasteiger partial charge in [0.2, 0.25) is 5.91 Å². The summed E-state index contributed by atoms with van der Waals surface area (Å²) in [4.78, 5) is 13.6. The molecule has 2 N–H and O–H groups in total. The number of methoxy groups -OCH3 is 1. The summed E-state index contributed by atoms with van der Waals surface area (Å²) in [5, 5.41) is 2.49. The fourth-order valence-corrected chi connectivity index (χ4v) is 4.81. The summed E-state index contributed by atoms with van der Waals surface area (Å²) in [7, 11) is -2.12. The summed E-state index contributed by atoms with van der Waals surface area (Å²) < 4.78 is 33.1. The van der Waals surface area contributed by atoms with E-state index in [4.69, 9.17) is 4.74 Å². The number of aryl methyl sites for hydroxylation is 2. The lowest BCUT2D eigenvalue weighted by Gasteiger charge is -2.13. The predicted molar refractivity (Wildman–Crippen MR) is 130 cm³/mol. The highest BCUT2D eigenvalue weighted by atomic mass is 32.2. The van der Waals surface area contributed by atoms with E-state index in [1.807, 2.05) is 51.1 Å². The summed E-state index contributed by atoms with van der Waals surface area (Å²) >= 11 is 1.43. The van der Waals surface area contributed by atoms with Crippen LogP contribution < -0.4 is 14.8 Å². The minimum absolute atomic E-state index is 0.120. The van der Waals surface area contributed by atoms with E-state index in [9.17, 15) is 13.2 Å². The number of amides is 1. The van der Waals surface area contributed by atoms with E-state index in [0.29, 0.717) is 11.4 Å². The molecule has 0 aliphatic heterocycles. The predicted octanol–water partition coefficient (Wildman–Crippen LogP) is 5.23. The number of benzene rings is 3. The molecule has 0 saturated carbocycles. The number of ether oxygens (including phenoxy) is 1. The van der Waals surface area contributed by atoms with E-state index < -0.39 is 10.0 Å². The maximum atomic E-state index is 12.7. The SMILES string of the molecule is COc1ccc(S[C@@H](C)C(=O)Nc2ccc(S(=O)(=O)Nc3ccc(C)c(C)c3)cc2)cc1. The quantitative estimate of drug-likeness (QED) is 0.440. The van der Waals surface area contributed by atoms with Crippen molar-refractivity contribution in [3.63, 3.8) is 0 Å². The van der Waals surface area contributed by atoms with Gasteiger partial charge in [-0.15, -0.1) is 11.8 Å². The Kier molecular flexibility index (Phi) is 7.48. The van der Waals surface area contributed by atoms with Gasteiger partial charge in [0, 0.05) is 16.3 Å². The number of hydrogen-bond donors (Lipinski definition) is 2. The van der Waals surface area contributed by atoms with Gasteiger partial charge in [-0.1, -0.05) is 6.07 Å². The Balaban J connectivity index is 1.62. The molecule has 0 radical (unpaired) electrons. The number of sulfonamides is 1. The number of thioether (sulfide) groups is 1. The molecule has 0 fully saturated rings. The van der Waals surface area contributed by atoms with E-state index >= 15 is 0 Å². The second-order valence-corrected chi connectivity index (χ2v) is 10.5. The Morgan fingerprint density at radius 1 is 0.906 bits per heavy atom. The van der Waals surface area contributed by atoms with Gasteiger partial charge in [-0.05, 0) is 92.6 Å². The van der Waals surface area contributed by atoms with Gasteiger partial charge >= 0.3 is 0 Å². The lowest BCUT2D eigenvalue weighted by atomic mass is 10.1. The van der Waals surface area contributed by atoms with Gasteiger partial charge < -0.3 is 10.1 Å². The van der Waals surface area contributed by atoms with Crippen LogP contribution in [0, 0.1) is 13.8 Å². The van der Waals surface area contributed by atoms with Gasteiger partial charge in [0.25, 0.3) is 10.0 Å². The van der Waals surface area contributed by atoms with Crippen LogP contribution in [0.5, 0.6) is 5.75 Å². The van der Waals surface area contributed by atoms with Crippen molar-refractivity contribution in [1.82, 2.24) is 0 Å². The van der Waals surface area contributed by atoms with Crippen molar-refractivity contribution in [3.8, 4) is 5.75 Å². The first kappa shape index (κ1) is 23.7. The zero-order chi connectivity index (χ0) is 23.3. The number of rotatable bonds is 8. The summed E-state index contributed by atoms with van der Waals surface area (Å²) in [5.74, 6) is 0.586. The van der Waals surface area contributed by atoms with Crippen molar-refractivity contribution in [3.05, 3.63) is 77.9 Å². The molecule has 3 rings (SSSR count). The van der Waals surface area contributed by atoms with Crippen LogP contribution in [0.25, 0.3) is 0 Å². The number of anilines is 2. The van der Waals surface area contributed by atoms with Crippen LogP contribution in [0.4, 0.5) is 11.4 Å². The molecule has 0 saturated heterocycles. The Bertz CT molecular complexity index is 1190. The van der Waals surface area contributed by atoms with Gasteiger partial charge in [0.15, 0.2) is 0 Å². The lowest BCUT2D eigenvalue weighted by Crippen LogP contribution is -2.22. The van der Waals surface area contributed by atoms with Crippen molar-refractivity contribution >= 4 is 39.1 Å². The zero-order valence-electron chi connectivity index (χ0n) is 18.4. The summed E-state index contributed by atoms with van der Waals surface area (Å²) in [6.45, 7) is 5.71. The fraction of sp³-hybridized carbons (Fsp3) is 0.208. The van der Waals surface area contributed by atoms with Gasteiger partial charge in [-0.3, -0.25) is 9.52 Å². The Hall–Kier alpha value is -2.97. The van der Waals surface area contributed by atoms with Gasteiger partial charge in [-0.25, -0.2) is 8.42 Å². The molecule has 0 heterocycles. The molecule has 0 spiro atoms. The van der Waals surface area contributed by atoms with Crippen LogP contribution in [0.1, 0.15) is 18.1 Å². The molecule has 6 nitrogen and oxygen atoms in total. The molecule has 3 aromatic rings. The molecule has 0 unspecified atom stereocenters. The highest BCUT2D eigenvalue weighted by Crippen LogP contribution is 2.26. The van der Waals surface area contributed by atoms with E-state index in [2.05, 4.69) is 10.0 Å². The van der Waals surface area contributed by atoms with Crippen LogP contribution >= 0.6 is 11.8 Å². The molecule has 32 heavy (non-hydrogen) atoms. The molecule has 3 aromatic carbocycles. The summed E-state index contributed by atoms with van der Waals surface area (Å²) in [5.41, 5.74) is 3.13. The zero-order valence-corrected chi connectivity index (χ0v) is 20.0. The Labute approximate surface area is 193 Å². The first-order valence-corrected chi connectivity index (χ1v) is 12.4. The van der Waals surface area contributed by atoms with E-state index in [-0.39, 0.29) is 16.1 Å². The molecular weight excluding hydrogens is 444 g/mol. The lowest BCUT2D eigenvalue weighted by molar-refractivity contribution is -0.115. The van der Waals surface area contributed by atoms with Crippen LogP contribution in [-0.4, -0.2) is 26.7 Å². The van der Waals surface area contributed by atoms with Gasteiger partial charge in [-0.2, -0.15) is 0 Å². The van der Waals surface area contributed by atoms with Crippen LogP contribution in [-0.2, 0) is 14.8 Å². The third kappa shape index (κ3) is 6.05. The van der Waals surface area contributed by atoms with E-state index in [1.54, 1.807) is 31.4 Å². The van der Waals surface area contributed by atoms with Crippen LogP contribution in [0.3, 0.4) is 0 Å². The highest BCUT2D eigenvalue weighted by Gasteiger charge is 2.17. The largest absolute Gasteiger partial charge is 0.497 e. The molecule has 8 heteroatoms. The molecule has 1 amide bonds. The average molecular weight is 471 g/mol. The van der Waals surface area contributed by atoms with Crippen molar-refractivity contribution in [2.24, 2.45) is 0 Å². The third-order valence-corrected chi connectivity index (χ3v) is 7.44. The maximum Gasteiger partial charge on any atom is 0.261 e. The minimum atomic E-state index is -3.73. The fourth-order valence-electron chi connectivity index (χ4n) is 2.89. The normalized spacial score (nSPS) is 12.1. The molecule has 0 aromatic heterocycles. The standard InChI is InChI=1S/C24H26N2O4S2/c1-16-5-6-20(15-17(16)2)26-32(28,29)23-13-7-19(8-14-23)25-24(27)18(3)31-22-11-9-21(30-4)10-12-22/h5-15,18,26H,1-4H3,(H,25,27)/t18-/m0/s1. The molecular formula is C24H26N2O4S2. The van der Waals surface area contributed by atoms with E-state index in [0.717, 1.165) is 21.8 Å². The monoisotopic (exact) mass is 470 g/mol. The van der Waals surface area contributed by atoms with E-state index in [1.165, 1.54) is 23.9 Å². The number of carbonyl (C=O) groups is 1. The first-order chi connectivity index (χ1) is 15.2.